The quantitative estimate of drug-likeness (QED) is 0.516. The molecule has 0 spiro atoms. The van der Waals surface area contributed by atoms with Crippen molar-refractivity contribution in [3.8, 4) is 0 Å². The van der Waals surface area contributed by atoms with Gasteiger partial charge in [0.1, 0.15) is 0 Å². The normalized spacial score (nSPS) is 11.2. The molecule has 2 aromatic rings. The van der Waals surface area contributed by atoms with Gasteiger partial charge in [0.05, 0.1) is 11.9 Å². The second-order valence-electron chi connectivity index (χ2n) is 3.57. The van der Waals surface area contributed by atoms with Crippen molar-refractivity contribution < 1.29 is 0 Å². The smallest absolute Gasteiger partial charge is 0.0562 e. The van der Waals surface area contributed by atoms with Crippen LogP contribution in [0.4, 0.5) is 5.69 Å². The van der Waals surface area contributed by atoms with Gasteiger partial charge in [0, 0.05) is 12.4 Å². The molecule has 0 aliphatic rings. The predicted molar refractivity (Wildman–Crippen MR) is 84.9 cm³/mol. The van der Waals surface area contributed by atoms with E-state index in [1.807, 2.05) is 46.6 Å². The van der Waals surface area contributed by atoms with Gasteiger partial charge in [-0.05, 0) is 45.6 Å². The zero-order valence-electron chi connectivity index (χ0n) is 9.62. The Labute approximate surface area is 120 Å². The van der Waals surface area contributed by atoms with Gasteiger partial charge in [0.15, 0.2) is 0 Å². The summed E-state index contributed by atoms with van der Waals surface area (Å²) in [6, 6.07) is 11.9. The number of nitrogens with zero attached hydrogens (tertiary/aromatic N) is 2. The third kappa shape index (κ3) is 3.96. The van der Waals surface area contributed by atoms with E-state index in [2.05, 4.69) is 38.1 Å². The summed E-state index contributed by atoms with van der Waals surface area (Å²) in [5, 5.41) is 4.17. The van der Waals surface area contributed by atoms with Crippen LogP contribution in [0.2, 0.25) is 0 Å². The van der Waals surface area contributed by atoms with Crippen molar-refractivity contribution in [2.45, 2.75) is 0 Å². The topological polar surface area (TPSA) is 37.3 Å². The van der Waals surface area contributed by atoms with Crippen LogP contribution in [0.25, 0.3) is 6.08 Å². The number of anilines is 1. The van der Waals surface area contributed by atoms with Crippen LogP contribution in [-0.2, 0) is 0 Å². The third-order valence-electron chi connectivity index (χ3n) is 2.28. The van der Waals surface area contributed by atoms with E-state index in [9.17, 15) is 0 Å². The Bertz CT molecular complexity index is 533. The lowest BCUT2D eigenvalue weighted by atomic mass is 10.2. The summed E-state index contributed by atoms with van der Waals surface area (Å²) < 4.78 is 1.99. The zero-order valence-corrected chi connectivity index (χ0v) is 11.8. The fraction of sp³-hybridized carbons (Fsp3) is 0. The van der Waals surface area contributed by atoms with Crippen molar-refractivity contribution in [1.82, 2.24) is 4.98 Å². The Balaban J connectivity index is 1.96. The Kier molecular flexibility index (Phi) is 4.89. The lowest BCUT2D eigenvalue weighted by molar-refractivity contribution is 1.31. The predicted octanol–water partition coefficient (Wildman–Crippen LogP) is 3.93. The highest BCUT2D eigenvalue weighted by atomic mass is 127. The van der Waals surface area contributed by atoms with Gasteiger partial charge in [-0.15, -0.1) is 0 Å². The highest BCUT2D eigenvalue weighted by Gasteiger charge is 1.90. The van der Waals surface area contributed by atoms with E-state index < -0.39 is 0 Å². The molecule has 0 unspecified atom stereocenters. The molecule has 0 bridgehead atoms. The number of halogens is 1. The molecule has 0 amide bonds. The summed E-state index contributed by atoms with van der Waals surface area (Å²) in [7, 11) is 0. The molecule has 1 aromatic heterocycles. The fourth-order valence-electron chi connectivity index (χ4n) is 1.37. The molecule has 0 fully saturated rings. The van der Waals surface area contributed by atoms with Crippen LogP contribution in [0.1, 0.15) is 11.1 Å². The monoisotopic (exact) mass is 349 g/mol. The van der Waals surface area contributed by atoms with Gasteiger partial charge in [0.25, 0.3) is 0 Å². The minimum atomic E-state index is 0.964. The van der Waals surface area contributed by atoms with E-state index in [1.165, 1.54) is 5.56 Å². The van der Waals surface area contributed by atoms with Gasteiger partial charge in [-0.3, -0.25) is 10.4 Å². The number of aromatic nitrogens is 1. The summed E-state index contributed by atoms with van der Waals surface area (Å²) >= 11 is 2.20. The molecule has 1 aromatic carbocycles. The summed E-state index contributed by atoms with van der Waals surface area (Å²) in [5.41, 5.74) is 6.14. The van der Waals surface area contributed by atoms with Crippen LogP contribution in [-0.4, -0.2) is 11.2 Å². The third-order valence-corrected chi connectivity index (χ3v) is 2.64. The molecule has 1 N–H and O–H groups in total. The molecule has 0 atom stereocenters. The maximum Gasteiger partial charge on any atom is 0.0562 e. The van der Waals surface area contributed by atoms with Crippen LogP contribution < -0.4 is 5.43 Å². The van der Waals surface area contributed by atoms with Gasteiger partial charge < -0.3 is 0 Å². The maximum atomic E-state index is 4.17. The lowest BCUT2D eigenvalue weighted by Gasteiger charge is -2.00. The van der Waals surface area contributed by atoms with Crippen molar-refractivity contribution in [1.29, 1.82) is 0 Å². The van der Waals surface area contributed by atoms with Crippen molar-refractivity contribution in [3.63, 3.8) is 0 Å². The first-order valence-electron chi connectivity index (χ1n) is 5.44. The molecule has 0 aliphatic heterocycles. The minimum absolute atomic E-state index is 0.964. The lowest BCUT2D eigenvalue weighted by Crippen LogP contribution is -1.90. The summed E-state index contributed by atoms with van der Waals surface area (Å²) in [4.78, 5) is 3.95. The highest BCUT2D eigenvalue weighted by Crippen LogP contribution is 2.11. The zero-order chi connectivity index (χ0) is 12.6. The second kappa shape index (κ2) is 6.90. The molecule has 0 aliphatic carbocycles. The fourth-order valence-corrected chi connectivity index (χ4v) is 1.79. The van der Waals surface area contributed by atoms with E-state index in [-0.39, 0.29) is 0 Å². The number of rotatable bonds is 4. The largest absolute Gasteiger partial charge is 0.279 e. The van der Waals surface area contributed by atoms with Crippen LogP contribution in [0, 0.1) is 0 Å². The maximum absolute atomic E-state index is 4.17. The number of nitrogens with one attached hydrogen (secondary N) is 1. The van der Waals surface area contributed by atoms with Crippen LogP contribution >= 0.6 is 22.6 Å². The number of benzene rings is 1. The first-order chi connectivity index (χ1) is 8.88. The highest BCUT2D eigenvalue weighted by molar-refractivity contribution is 14.1. The number of hydrazone groups is 1. The van der Waals surface area contributed by atoms with Gasteiger partial charge in [-0.25, -0.2) is 0 Å². The first-order valence-corrected chi connectivity index (χ1v) is 6.69. The molecule has 0 saturated heterocycles. The molecule has 18 heavy (non-hydrogen) atoms. The van der Waals surface area contributed by atoms with Crippen LogP contribution in [0.15, 0.2) is 58.0 Å². The van der Waals surface area contributed by atoms with Crippen molar-refractivity contribution in [2.75, 3.05) is 5.43 Å². The van der Waals surface area contributed by atoms with E-state index in [0.29, 0.717) is 0 Å². The van der Waals surface area contributed by atoms with Gasteiger partial charge in [-0.2, -0.15) is 5.10 Å². The van der Waals surface area contributed by atoms with E-state index in [4.69, 9.17) is 0 Å². The standard InChI is InChI=1S/C14H12IN3/c15-8-5-12-1-3-14(4-2-12)18-17-11-13-6-9-16-10-7-13/h1-11,18H/b8-5+,17-11+. The molecular formula is C14H12IN3. The number of pyridine rings is 1. The Morgan fingerprint density at radius 3 is 2.39 bits per heavy atom. The molecular weight excluding hydrogens is 337 g/mol. The second-order valence-corrected chi connectivity index (χ2v) is 4.28. The Hall–Kier alpha value is -1.69. The van der Waals surface area contributed by atoms with E-state index in [0.717, 1.165) is 11.3 Å². The number of hydrogen-bond acceptors (Lipinski definition) is 3. The van der Waals surface area contributed by atoms with Gasteiger partial charge in [-0.1, -0.05) is 34.7 Å². The summed E-state index contributed by atoms with van der Waals surface area (Å²) in [6.07, 6.45) is 7.30. The average Bonchev–Trinajstić information content (AvgIpc) is 2.42. The van der Waals surface area contributed by atoms with Crippen LogP contribution in [0.3, 0.4) is 0 Å². The average molecular weight is 349 g/mol. The Morgan fingerprint density at radius 2 is 1.72 bits per heavy atom. The number of hydrogen-bond donors (Lipinski definition) is 1. The molecule has 90 valence electrons. The van der Waals surface area contributed by atoms with Gasteiger partial charge >= 0.3 is 0 Å². The minimum Gasteiger partial charge on any atom is -0.279 e. The Morgan fingerprint density at radius 1 is 1.00 bits per heavy atom. The molecule has 0 saturated carbocycles. The molecule has 2 rings (SSSR count). The molecule has 3 nitrogen and oxygen atoms in total. The SMILES string of the molecule is I/C=C/c1ccc(N/N=C/c2ccncc2)cc1. The first kappa shape index (κ1) is 12.8. The molecule has 1 heterocycles. The van der Waals surface area contributed by atoms with E-state index in [1.54, 1.807) is 18.6 Å². The van der Waals surface area contributed by atoms with Crippen LogP contribution in [0.5, 0.6) is 0 Å². The van der Waals surface area contributed by atoms with Gasteiger partial charge in [0.2, 0.25) is 0 Å². The molecule has 4 heteroatoms. The van der Waals surface area contributed by atoms with Crippen molar-refractivity contribution >= 4 is 40.6 Å². The van der Waals surface area contributed by atoms with Crippen molar-refractivity contribution in [2.24, 2.45) is 5.10 Å². The van der Waals surface area contributed by atoms with Crippen molar-refractivity contribution in [3.05, 3.63) is 64.0 Å². The summed E-state index contributed by atoms with van der Waals surface area (Å²) in [5.74, 6) is 0. The van der Waals surface area contributed by atoms with E-state index >= 15 is 0 Å². The molecule has 0 radical (unpaired) electrons. The summed E-state index contributed by atoms with van der Waals surface area (Å²) in [6.45, 7) is 0.